The number of aromatic amines is 1. The zero-order valence-corrected chi connectivity index (χ0v) is 13.8. The SMILES string of the molecule is CSc1nc2c(c(=O)[nH]1)CCN(C(O)OC(C)(C)C)CC2. The monoisotopic (exact) mass is 313 g/mol. The molecule has 0 bridgehead atoms. The largest absolute Gasteiger partial charge is 0.356 e. The van der Waals surface area contributed by atoms with Crippen molar-refractivity contribution in [3.63, 3.8) is 0 Å². The van der Waals surface area contributed by atoms with Crippen molar-refractivity contribution in [1.82, 2.24) is 14.9 Å². The van der Waals surface area contributed by atoms with Gasteiger partial charge >= 0.3 is 0 Å². The molecule has 1 aliphatic heterocycles. The first kappa shape index (κ1) is 16.5. The Kier molecular flexibility index (Phi) is 5.08. The summed E-state index contributed by atoms with van der Waals surface area (Å²) in [6.07, 6.45) is 2.13. The van der Waals surface area contributed by atoms with Crippen LogP contribution in [0.3, 0.4) is 0 Å². The fraction of sp³-hybridized carbons (Fsp3) is 0.714. The Balaban J connectivity index is 2.13. The number of aromatic nitrogens is 2. The van der Waals surface area contributed by atoms with E-state index in [0.29, 0.717) is 31.1 Å². The summed E-state index contributed by atoms with van der Waals surface area (Å²) < 4.78 is 5.58. The quantitative estimate of drug-likeness (QED) is 0.492. The van der Waals surface area contributed by atoms with Crippen molar-refractivity contribution in [1.29, 1.82) is 0 Å². The van der Waals surface area contributed by atoms with Gasteiger partial charge in [-0.3, -0.25) is 9.69 Å². The van der Waals surface area contributed by atoms with Gasteiger partial charge in [0.1, 0.15) is 0 Å². The first-order valence-corrected chi connectivity index (χ1v) is 8.28. The summed E-state index contributed by atoms with van der Waals surface area (Å²) in [5, 5.41) is 10.8. The van der Waals surface area contributed by atoms with Crippen LogP contribution in [-0.4, -0.2) is 51.3 Å². The second-order valence-corrected chi connectivity index (χ2v) is 6.89. The van der Waals surface area contributed by atoms with Gasteiger partial charge in [-0.1, -0.05) is 11.8 Å². The lowest BCUT2D eigenvalue weighted by atomic mass is 10.1. The number of rotatable bonds is 3. The standard InChI is InChI=1S/C14H23N3O3S/c1-14(2,3)20-13(19)17-7-5-9-10(6-8-17)15-12(21-4)16-11(9)18/h13,19H,5-8H2,1-4H3,(H,15,16,18). The molecule has 0 radical (unpaired) electrons. The Bertz CT molecular complexity index is 553. The van der Waals surface area contributed by atoms with Crippen LogP contribution in [0.15, 0.2) is 9.95 Å². The van der Waals surface area contributed by atoms with E-state index in [1.807, 2.05) is 31.9 Å². The molecule has 1 aromatic rings. The molecule has 0 amide bonds. The van der Waals surface area contributed by atoms with Crippen LogP contribution in [0.4, 0.5) is 0 Å². The highest BCUT2D eigenvalue weighted by Crippen LogP contribution is 2.17. The van der Waals surface area contributed by atoms with E-state index < -0.39 is 12.0 Å². The maximum atomic E-state index is 12.1. The van der Waals surface area contributed by atoms with Gasteiger partial charge in [0.25, 0.3) is 5.56 Å². The van der Waals surface area contributed by atoms with E-state index in [1.165, 1.54) is 11.8 Å². The first-order valence-electron chi connectivity index (χ1n) is 7.06. The molecule has 7 heteroatoms. The molecule has 2 rings (SSSR count). The van der Waals surface area contributed by atoms with E-state index in [1.54, 1.807) is 0 Å². The number of hydrogen-bond donors (Lipinski definition) is 2. The predicted molar refractivity (Wildman–Crippen MR) is 82.5 cm³/mol. The number of hydrogen-bond acceptors (Lipinski definition) is 6. The molecular formula is C14H23N3O3S. The van der Waals surface area contributed by atoms with Gasteiger partial charge in [-0.2, -0.15) is 0 Å². The molecule has 0 spiro atoms. The van der Waals surface area contributed by atoms with Gasteiger partial charge in [-0.25, -0.2) is 4.98 Å². The van der Waals surface area contributed by atoms with Crippen LogP contribution in [0.25, 0.3) is 0 Å². The van der Waals surface area contributed by atoms with Gasteiger partial charge in [0.05, 0.1) is 11.3 Å². The molecular weight excluding hydrogens is 290 g/mol. The topological polar surface area (TPSA) is 78.5 Å². The maximum absolute atomic E-state index is 12.1. The van der Waals surface area contributed by atoms with Crippen molar-refractivity contribution in [2.24, 2.45) is 0 Å². The highest BCUT2D eigenvalue weighted by molar-refractivity contribution is 7.98. The van der Waals surface area contributed by atoms with Gasteiger partial charge in [-0.05, 0) is 33.4 Å². The molecule has 0 saturated carbocycles. The van der Waals surface area contributed by atoms with Gasteiger partial charge in [0.2, 0.25) is 6.41 Å². The molecule has 2 heterocycles. The van der Waals surface area contributed by atoms with Crippen LogP contribution < -0.4 is 5.56 Å². The Morgan fingerprint density at radius 1 is 1.38 bits per heavy atom. The molecule has 1 aromatic heterocycles. The third-order valence-corrected chi connectivity index (χ3v) is 3.91. The molecule has 1 unspecified atom stereocenters. The third-order valence-electron chi connectivity index (χ3n) is 3.33. The minimum Gasteiger partial charge on any atom is -0.356 e. The Labute approximate surface area is 128 Å². The van der Waals surface area contributed by atoms with Crippen molar-refractivity contribution < 1.29 is 9.84 Å². The van der Waals surface area contributed by atoms with Gasteiger partial charge in [0, 0.05) is 25.1 Å². The van der Waals surface area contributed by atoms with Crippen LogP contribution in [0, 0.1) is 0 Å². The Hall–Kier alpha value is -0.890. The van der Waals surface area contributed by atoms with Crippen LogP contribution in [0.5, 0.6) is 0 Å². The van der Waals surface area contributed by atoms with Crippen LogP contribution >= 0.6 is 11.8 Å². The number of nitrogens with one attached hydrogen (secondary N) is 1. The van der Waals surface area contributed by atoms with E-state index in [9.17, 15) is 9.90 Å². The van der Waals surface area contributed by atoms with Crippen molar-refractivity contribution in [3.05, 3.63) is 21.6 Å². The maximum Gasteiger partial charge on any atom is 0.255 e. The van der Waals surface area contributed by atoms with E-state index in [-0.39, 0.29) is 5.56 Å². The molecule has 118 valence electrons. The van der Waals surface area contributed by atoms with Crippen molar-refractivity contribution in [2.45, 2.75) is 50.8 Å². The fourth-order valence-electron chi connectivity index (χ4n) is 2.31. The molecule has 0 aromatic carbocycles. The number of aliphatic hydroxyl groups is 1. The second-order valence-electron chi connectivity index (χ2n) is 6.09. The number of ether oxygens (including phenoxy) is 1. The lowest BCUT2D eigenvalue weighted by molar-refractivity contribution is -0.238. The first-order chi connectivity index (χ1) is 9.80. The molecule has 1 aliphatic rings. The summed E-state index contributed by atoms with van der Waals surface area (Å²) in [5.41, 5.74) is 1.06. The van der Waals surface area contributed by atoms with Crippen molar-refractivity contribution >= 4 is 11.8 Å². The molecule has 1 atom stereocenters. The number of thioether (sulfide) groups is 1. The zero-order chi connectivity index (χ0) is 15.6. The fourth-order valence-corrected chi connectivity index (χ4v) is 2.71. The summed E-state index contributed by atoms with van der Waals surface area (Å²) in [4.78, 5) is 21.2. The summed E-state index contributed by atoms with van der Waals surface area (Å²) in [5.74, 6) is 0. The summed E-state index contributed by atoms with van der Waals surface area (Å²) >= 11 is 1.42. The Morgan fingerprint density at radius 2 is 2.05 bits per heavy atom. The number of aliphatic hydroxyl groups excluding tert-OH is 1. The third kappa shape index (κ3) is 4.29. The number of nitrogens with zero attached hydrogens (tertiary/aromatic N) is 2. The van der Waals surface area contributed by atoms with Crippen molar-refractivity contribution in [2.75, 3.05) is 19.3 Å². The molecule has 0 saturated heterocycles. The van der Waals surface area contributed by atoms with E-state index in [2.05, 4.69) is 9.97 Å². The smallest absolute Gasteiger partial charge is 0.255 e. The molecule has 0 fully saturated rings. The van der Waals surface area contributed by atoms with Crippen LogP contribution in [0.1, 0.15) is 32.0 Å². The molecule has 2 N–H and O–H groups in total. The van der Waals surface area contributed by atoms with Gasteiger partial charge < -0.3 is 14.8 Å². The summed E-state index contributed by atoms with van der Waals surface area (Å²) in [7, 11) is 0. The molecule has 0 aliphatic carbocycles. The van der Waals surface area contributed by atoms with E-state index in [0.717, 1.165) is 11.3 Å². The summed E-state index contributed by atoms with van der Waals surface area (Å²) in [6.45, 7) is 6.90. The average Bonchev–Trinajstić information content (AvgIpc) is 2.59. The van der Waals surface area contributed by atoms with Gasteiger partial charge in [-0.15, -0.1) is 0 Å². The van der Waals surface area contributed by atoms with Crippen molar-refractivity contribution in [3.8, 4) is 0 Å². The minimum atomic E-state index is -0.960. The summed E-state index contributed by atoms with van der Waals surface area (Å²) in [6, 6.07) is 0. The van der Waals surface area contributed by atoms with Gasteiger partial charge in [0.15, 0.2) is 5.16 Å². The number of fused-ring (bicyclic) bond motifs is 1. The highest BCUT2D eigenvalue weighted by Gasteiger charge is 2.26. The zero-order valence-electron chi connectivity index (χ0n) is 13.0. The van der Waals surface area contributed by atoms with Crippen LogP contribution in [0.2, 0.25) is 0 Å². The lowest BCUT2D eigenvalue weighted by Gasteiger charge is -2.31. The molecule has 21 heavy (non-hydrogen) atoms. The Morgan fingerprint density at radius 3 is 2.67 bits per heavy atom. The van der Waals surface area contributed by atoms with Crippen LogP contribution in [-0.2, 0) is 17.6 Å². The molecule has 6 nitrogen and oxygen atoms in total. The minimum absolute atomic E-state index is 0.0718. The lowest BCUT2D eigenvalue weighted by Crippen LogP contribution is -2.43. The highest BCUT2D eigenvalue weighted by atomic mass is 32.2. The van der Waals surface area contributed by atoms with E-state index in [4.69, 9.17) is 4.74 Å². The number of H-pyrrole nitrogens is 1. The predicted octanol–water partition coefficient (Wildman–Crippen LogP) is 0.983. The second kappa shape index (κ2) is 6.48. The average molecular weight is 313 g/mol. The normalized spacial score (nSPS) is 18.1. The van der Waals surface area contributed by atoms with E-state index >= 15 is 0 Å².